The summed E-state index contributed by atoms with van der Waals surface area (Å²) in [7, 11) is 1.28. The number of methoxy groups -OCH3 is 1. The Bertz CT molecular complexity index is 610. The second kappa shape index (κ2) is 7.95. The number of nitrogens with two attached hydrogens (primary N) is 1. The zero-order valence-electron chi connectivity index (χ0n) is 12.5. The van der Waals surface area contributed by atoms with Crippen LogP contribution in [0.25, 0.3) is 0 Å². The Labute approximate surface area is 137 Å². The highest BCUT2D eigenvalue weighted by atomic mass is 32.2. The van der Waals surface area contributed by atoms with E-state index in [9.17, 15) is 14.4 Å². The standard InChI is InChI=1S/C14H18N4O4S/c1-22-13(21)8-4-2-3-5-9(8)16-12(20)7-23-14-17-10(15)6-11(19)18-14/h2-5,10,14,17H,6-7,15H2,1H3,(H,16,20)(H,18,19). The first kappa shape index (κ1) is 17.3. The van der Waals surface area contributed by atoms with E-state index in [1.807, 2.05) is 0 Å². The molecule has 1 aliphatic heterocycles. The summed E-state index contributed by atoms with van der Waals surface area (Å²) >= 11 is 1.20. The molecule has 2 rings (SSSR count). The van der Waals surface area contributed by atoms with Crippen molar-refractivity contribution < 1.29 is 19.1 Å². The summed E-state index contributed by atoms with van der Waals surface area (Å²) < 4.78 is 4.67. The third kappa shape index (κ3) is 4.95. The molecule has 23 heavy (non-hydrogen) atoms. The van der Waals surface area contributed by atoms with Crippen LogP contribution in [0.1, 0.15) is 16.8 Å². The summed E-state index contributed by atoms with van der Waals surface area (Å²) in [6.07, 6.45) is -0.222. The first-order valence-corrected chi connectivity index (χ1v) is 7.94. The molecule has 2 amide bonds. The van der Waals surface area contributed by atoms with Gasteiger partial charge in [-0.2, -0.15) is 0 Å². The molecule has 1 aromatic carbocycles. The molecule has 1 heterocycles. The third-order valence-corrected chi connectivity index (χ3v) is 4.07. The lowest BCUT2D eigenvalue weighted by Gasteiger charge is -2.28. The minimum atomic E-state index is -0.527. The maximum Gasteiger partial charge on any atom is 0.339 e. The Balaban J connectivity index is 1.90. The molecule has 0 aromatic heterocycles. The number of carbonyl (C=O) groups is 3. The first-order valence-electron chi connectivity index (χ1n) is 6.89. The van der Waals surface area contributed by atoms with Gasteiger partial charge in [-0.25, -0.2) is 4.79 Å². The lowest BCUT2D eigenvalue weighted by molar-refractivity contribution is -0.123. The number of hydrogen-bond acceptors (Lipinski definition) is 7. The highest BCUT2D eigenvalue weighted by molar-refractivity contribution is 8.00. The maximum absolute atomic E-state index is 12.0. The Morgan fingerprint density at radius 1 is 1.43 bits per heavy atom. The predicted octanol–water partition coefficient (Wildman–Crippen LogP) is -0.177. The van der Waals surface area contributed by atoms with Gasteiger partial charge in [0.2, 0.25) is 11.8 Å². The summed E-state index contributed by atoms with van der Waals surface area (Å²) in [5.41, 5.74) is 5.91. The van der Waals surface area contributed by atoms with Crippen molar-refractivity contribution in [2.45, 2.75) is 18.1 Å². The molecule has 0 spiro atoms. The Hall–Kier alpha value is -2.10. The van der Waals surface area contributed by atoms with Crippen LogP contribution in [0.3, 0.4) is 0 Å². The van der Waals surface area contributed by atoms with Crippen molar-refractivity contribution in [2.24, 2.45) is 5.73 Å². The number of nitrogens with one attached hydrogen (secondary N) is 3. The number of thioether (sulfide) groups is 1. The number of anilines is 1. The smallest absolute Gasteiger partial charge is 0.339 e. The van der Waals surface area contributed by atoms with Gasteiger partial charge in [-0.05, 0) is 12.1 Å². The quantitative estimate of drug-likeness (QED) is 0.549. The van der Waals surface area contributed by atoms with E-state index in [2.05, 4.69) is 20.7 Å². The van der Waals surface area contributed by atoms with Crippen molar-refractivity contribution >= 4 is 35.2 Å². The molecule has 2 atom stereocenters. The van der Waals surface area contributed by atoms with Crippen LogP contribution < -0.4 is 21.7 Å². The van der Waals surface area contributed by atoms with Crippen LogP contribution in [0.2, 0.25) is 0 Å². The summed E-state index contributed by atoms with van der Waals surface area (Å²) in [6.45, 7) is 0. The predicted molar refractivity (Wildman–Crippen MR) is 86.5 cm³/mol. The van der Waals surface area contributed by atoms with Gasteiger partial charge in [-0.3, -0.25) is 14.9 Å². The van der Waals surface area contributed by atoms with E-state index in [0.29, 0.717) is 5.69 Å². The highest BCUT2D eigenvalue weighted by Gasteiger charge is 2.24. The number of rotatable bonds is 5. The van der Waals surface area contributed by atoms with Gasteiger partial charge in [0.1, 0.15) is 5.50 Å². The SMILES string of the molecule is COC(=O)c1ccccc1NC(=O)CSC1NC(=O)CC(N)N1. The van der Waals surface area contributed by atoms with Crippen LogP contribution in [-0.4, -0.2) is 42.3 Å². The molecule has 0 radical (unpaired) electrons. The van der Waals surface area contributed by atoms with E-state index >= 15 is 0 Å². The minimum absolute atomic E-state index is 0.0835. The molecule has 1 aromatic rings. The van der Waals surface area contributed by atoms with Crippen molar-refractivity contribution in [3.8, 4) is 0 Å². The fourth-order valence-electron chi connectivity index (χ4n) is 2.02. The van der Waals surface area contributed by atoms with Crippen LogP contribution in [0.15, 0.2) is 24.3 Å². The van der Waals surface area contributed by atoms with Crippen molar-refractivity contribution in [3.05, 3.63) is 29.8 Å². The Kier molecular flexibility index (Phi) is 5.97. The average Bonchev–Trinajstić information content (AvgIpc) is 2.52. The normalized spacial score (nSPS) is 20.5. The molecule has 124 valence electrons. The summed E-state index contributed by atoms with van der Waals surface area (Å²) in [5.74, 6) is -0.910. The fourth-order valence-corrected chi connectivity index (χ4v) is 2.89. The van der Waals surface area contributed by atoms with Gasteiger partial charge in [0, 0.05) is 0 Å². The van der Waals surface area contributed by atoms with Gasteiger partial charge in [0.15, 0.2) is 0 Å². The number of amides is 2. The topological polar surface area (TPSA) is 123 Å². The van der Waals surface area contributed by atoms with Crippen LogP contribution in [0.5, 0.6) is 0 Å². The zero-order valence-corrected chi connectivity index (χ0v) is 13.3. The van der Waals surface area contributed by atoms with Crippen LogP contribution in [0.4, 0.5) is 5.69 Å². The highest BCUT2D eigenvalue weighted by Crippen LogP contribution is 2.17. The number of hydrogen-bond donors (Lipinski definition) is 4. The van der Waals surface area contributed by atoms with Gasteiger partial charge in [-0.15, -0.1) is 11.8 Å². The molecule has 1 saturated heterocycles. The summed E-state index contributed by atoms with van der Waals surface area (Å²) in [5, 5.41) is 8.30. The molecule has 2 unspecified atom stereocenters. The molecule has 1 fully saturated rings. The van der Waals surface area contributed by atoms with Crippen LogP contribution in [0, 0.1) is 0 Å². The van der Waals surface area contributed by atoms with E-state index in [1.54, 1.807) is 24.3 Å². The molecule has 0 aliphatic carbocycles. The van der Waals surface area contributed by atoms with Crippen molar-refractivity contribution in [1.82, 2.24) is 10.6 Å². The fraction of sp³-hybridized carbons (Fsp3) is 0.357. The molecule has 8 nitrogen and oxygen atoms in total. The zero-order chi connectivity index (χ0) is 16.8. The largest absolute Gasteiger partial charge is 0.465 e. The molecular weight excluding hydrogens is 320 g/mol. The lowest BCUT2D eigenvalue weighted by atomic mass is 10.2. The van der Waals surface area contributed by atoms with Crippen molar-refractivity contribution in [2.75, 3.05) is 18.2 Å². The van der Waals surface area contributed by atoms with Crippen molar-refractivity contribution in [3.63, 3.8) is 0 Å². The number of esters is 1. The van der Waals surface area contributed by atoms with Crippen LogP contribution >= 0.6 is 11.8 Å². The number of para-hydroxylation sites is 1. The molecule has 9 heteroatoms. The number of benzene rings is 1. The second-order valence-corrected chi connectivity index (χ2v) is 5.91. The molecular formula is C14H18N4O4S. The van der Waals surface area contributed by atoms with E-state index in [-0.39, 0.29) is 29.6 Å². The average molecular weight is 338 g/mol. The number of ether oxygens (including phenoxy) is 1. The molecule has 1 aliphatic rings. The minimum Gasteiger partial charge on any atom is -0.465 e. The van der Waals surface area contributed by atoms with E-state index in [4.69, 9.17) is 5.73 Å². The lowest BCUT2D eigenvalue weighted by Crippen LogP contribution is -2.58. The molecule has 5 N–H and O–H groups in total. The first-order chi connectivity index (χ1) is 11.0. The van der Waals surface area contributed by atoms with E-state index < -0.39 is 17.6 Å². The van der Waals surface area contributed by atoms with Crippen LogP contribution in [-0.2, 0) is 14.3 Å². The summed E-state index contributed by atoms with van der Waals surface area (Å²) in [4.78, 5) is 35.0. The molecule has 0 saturated carbocycles. The maximum atomic E-state index is 12.0. The monoisotopic (exact) mass is 338 g/mol. The van der Waals surface area contributed by atoms with Gasteiger partial charge in [0.25, 0.3) is 0 Å². The van der Waals surface area contributed by atoms with Gasteiger partial charge in [0.05, 0.1) is 36.7 Å². The Morgan fingerprint density at radius 3 is 2.87 bits per heavy atom. The Morgan fingerprint density at radius 2 is 2.17 bits per heavy atom. The molecule has 0 bridgehead atoms. The summed E-state index contributed by atoms with van der Waals surface area (Å²) in [6, 6.07) is 6.57. The van der Waals surface area contributed by atoms with E-state index in [1.165, 1.54) is 18.9 Å². The van der Waals surface area contributed by atoms with Gasteiger partial charge in [-0.1, -0.05) is 12.1 Å². The second-order valence-electron chi connectivity index (χ2n) is 4.82. The van der Waals surface area contributed by atoms with Crippen molar-refractivity contribution in [1.29, 1.82) is 0 Å². The third-order valence-electron chi connectivity index (χ3n) is 3.05. The van der Waals surface area contributed by atoms with Gasteiger partial charge < -0.3 is 21.1 Å². The van der Waals surface area contributed by atoms with Gasteiger partial charge >= 0.3 is 5.97 Å². The van der Waals surface area contributed by atoms with E-state index in [0.717, 1.165) is 0 Å². The number of carbonyl (C=O) groups excluding carboxylic acids is 3.